The van der Waals surface area contributed by atoms with Crippen molar-refractivity contribution in [2.45, 2.75) is 90.9 Å². The van der Waals surface area contributed by atoms with Gasteiger partial charge in [0.1, 0.15) is 29.0 Å². The smallest absolute Gasteiger partial charge is 0.343 e. The van der Waals surface area contributed by atoms with Crippen molar-refractivity contribution in [1.29, 1.82) is 10.5 Å². The van der Waals surface area contributed by atoms with E-state index in [1.54, 1.807) is 30.3 Å². The number of benzene rings is 2. The lowest BCUT2D eigenvalue weighted by Crippen LogP contribution is -2.10. The van der Waals surface area contributed by atoms with Gasteiger partial charge in [0.2, 0.25) is 0 Å². The number of hydrogen-bond acceptors (Lipinski definition) is 7. The first-order valence-corrected chi connectivity index (χ1v) is 14.8. The van der Waals surface area contributed by atoms with Crippen LogP contribution in [-0.2, 0) is 6.42 Å². The first-order valence-electron chi connectivity index (χ1n) is 14.8. The van der Waals surface area contributed by atoms with Gasteiger partial charge in [-0.3, -0.25) is 0 Å². The highest BCUT2D eigenvalue weighted by molar-refractivity contribution is 5.92. The van der Waals surface area contributed by atoms with Gasteiger partial charge in [0.05, 0.1) is 12.2 Å². The largest absolute Gasteiger partial charge is 0.492 e. The molecule has 7 nitrogen and oxygen atoms in total. The average molecular weight is 553 g/mol. The molecule has 0 amide bonds. The first kappa shape index (κ1) is 31.3. The quantitative estimate of drug-likeness (QED) is 0.0940. The fourth-order valence-corrected chi connectivity index (χ4v) is 4.54. The first-order chi connectivity index (χ1) is 20.1. The van der Waals surface area contributed by atoms with Crippen molar-refractivity contribution < 1.29 is 14.3 Å². The Hall–Kier alpha value is -4.23. The summed E-state index contributed by atoms with van der Waals surface area (Å²) in [6.45, 7) is 4.85. The summed E-state index contributed by atoms with van der Waals surface area (Å²) in [5.74, 6) is 0.306. The zero-order chi connectivity index (χ0) is 29.3. The molecule has 0 bridgehead atoms. The molecule has 2 aromatic carbocycles. The number of aromatic nitrogens is 2. The number of aryl methyl sites for hydroxylation is 1. The molecular weight excluding hydrogens is 512 g/mol. The highest BCUT2D eigenvalue weighted by atomic mass is 16.5. The van der Waals surface area contributed by atoms with Crippen LogP contribution in [0, 0.1) is 22.7 Å². The molecule has 3 rings (SSSR count). The summed E-state index contributed by atoms with van der Waals surface area (Å²) >= 11 is 0. The van der Waals surface area contributed by atoms with Crippen molar-refractivity contribution >= 4 is 5.97 Å². The van der Waals surface area contributed by atoms with E-state index in [2.05, 4.69) is 23.8 Å². The summed E-state index contributed by atoms with van der Waals surface area (Å²) in [7, 11) is 0. The minimum absolute atomic E-state index is 0.0154. The summed E-state index contributed by atoms with van der Waals surface area (Å²) in [5, 5.41) is 19.5. The third-order valence-corrected chi connectivity index (χ3v) is 6.96. The van der Waals surface area contributed by atoms with Crippen molar-refractivity contribution in [3.63, 3.8) is 0 Å². The predicted molar refractivity (Wildman–Crippen MR) is 160 cm³/mol. The van der Waals surface area contributed by atoms with Crippen LogP contribution < -0.4 is 9.47 Å². The average Bonchev–Trinajstić information content (AvgIpc) is 3.01. The van der Waals surface area contributed by atoms with Crippen LogP contribution in [0.4, 0.5) is 0 Å². The van der Waals surface area contributed by atoms with Crippen LogP contribution in [0.1, 0.15) is 112 Å². The number of rotatable bonds is 17. The Kier molecular flexibility index (Phi) is 13.3. The van der Waals surface area contributed by atoms with E-state index >= 15 is 0 Å². The number of nitriles is 2. The van der Waals surface area contributed by atoms with Crippen LogP contribution >= 0.6 is 0 Å². The lowest BCUT2D eigenvalue weighted by Gasteiger charge is -2.12. The Morgan fingerprint density at radius 1 is 0.732 bits per heavy atom. The van der Waals surface area contributed by atoms with Gasteiger partial charge in [-0.1, -0.05) is 83.8 Å². The summed E-state index contributed by atoms with van der Waals surface area (Å²) in [6, 6.07) is 13.9. The van der Waals surface area contributed by atoms with Crippen molar-refractivity contribution in [1.82, 2.24) is 9.97 Å². The summed E-state index contributed by atoms with van der Waals surface area (Å²) < 4.78 is 11.3. The summed E-state index contributed by atoms with van der Waals surface area (Å²) in [5.41, 5.74) is 2.25. The number of ether oxygens (including phenoxy) is 2. The van der Waals surface area contributed by atoms with Gasteiger partial charge >= 0.3 is 5.97 Å². The Balaban J connectivity index is 1.57. The van der Waals surface area contributed by atoms with E-state index in [1.165, 1.54) is 51.0 Å². The monoisotopic (exact) mass is 552 g/mol. The molecule has 214 valence electrons. The van der Waals surface area contributed by atoms with Crippen LogP contribution in [0.15, 0.2) is 48.8 Å². The van der Waals surface area contributed by atoms with Gasteiger partial charge in [-0.2, -0.15) is 10.5 Å². The molecule has 0 spiro atoms. The van der Waals surface area contributed by atoms with Crippen LogP contribution in [0.3, 0.4) is 0 Å². The number of esters is 1. The highest BCUT2D eigenvalue weighted by Gasteiger charge is 2.19. The second-order valence-electron chi connectivity index (χ2n) is 10.2. The summed E-state index contributed by atoms with van der Waals surface area (Å²) in [4.78, 5) is 21.8. The minimum atomic E-state index is -0.628. The normalized spacial score (nSPS) is 10.5. The number of hydrogen-bond donors (Lipinski definition) is 0. The third kappa shape index (κ3) is 9.72. The van der Waals surface area contributed by atoms with Crippen molar-refractivity contribution in [2.75, 3.05) is 6.61 Å². The molecule has 0 saturated heterocycles. The number of carbonyl (C=O) groups excluding carboxylic acids is 1. The van der Waals surface area contributed by atoms with Gasteiger partial charge in [-0.15, -0.1) is 0 Å². The molecule has 7 heteroatoms. The van der Waals surface area contributed by atoms with Crippen molar-refractivity contribution in [3.8, 4) is 35.0 Å². The maximum absolute atomic E-state index is 12.9. The van der Waals surface area contributed by atoms with Gasteiger partial charge in [0, 0.05) is 18.0 Å². The highest BCUT2D eigenvalue weighted by Crippen LogP contribution is 2.30. The molecule has 0 N–H and O–H groups in total. The Morgan fingerprint density at radius 3 is 1.93 bits per heavy atom. The summed E-state index contributed by atoms with van der Waals surface area (Å²) in [6.07, 6.45) is 17.6. The van der Waals surface area contributed by atoms with Crippen LogP contribution in [0.2, 0.25) is 0 Å². The maximum Gasteiger partial charge on any atom is 0.343 e. The molecule has 0 atom stereocenters. The zero-order valence-electron chi connectivity index (χ0n) is 24.3. The SMILES string of the molecule is CCCCCCCCCCOc1ccc(OC(=O)c2ccc(-c3ncc(CCCCC)cn3)cc2)c(C#N)c1C#N. The van der Waals surface area contributed by atoms with E-state index < -0.39 is 5.97 Å². The van der Waals surface area contributed by atoms with Gasteiger partial charge in [-0.05, 0) is 49.1 Å². The molecule has 3 aromatic rings. The molecule has 1 heterocycles. The Labute approximate surface area is 244 Å². The molecule has 0 fully saturated rings. The third-order valence-electron chi connectivity index (χ3n) is 6.96. The molecule has 41 heavy (non-hydrogen) atoms. The lowest BCUT2D eigenvalue weighted by atomic mass is 10.1. The molecule has 0 saturated carbocycles. The Bertz CT molecular complexity index is 1320. The lowest BCUT2D eigenvalue weighted by molar-refractivity contribution is 0.0734. The van der Waals surface area contributed by atoms with E-state index in [1.807, 2.05) is 24.5 Å². The zero-order valence-corrected chi connectivity index (χ0v) is 24.3. The minimum Gasteiger partial charge on any atom is -0.492 e. The van der Waals surface area contributed by atoms with Gasteiger partial charge in [0.15, 0.2) is 11.6 Å². The standard InChI is InChI=1S/C34H40N4O3/c1-3-5-7-8-9-10-11-13-21-40-31-19-20-32(30(23-36)29(31)22-35)41-34(39)28-17-15-27(16-18-28)33-37-24-26(25-38-33)14-12-6-4-2/h15-20,24-25H,3-14,21H2,1-2H3. The van der Waals surface area contributed by atoms with E-state index in [0.717, 1.165) is 43.2 Å². The molecule has 0 aliphatic rings. The van der Waals surface area contributed by atoms with Crippen molar-refractivity contribution in [3.05, 3.63) is 71.0 Å². The van der Waals surface area contributed by atoms with Gasteiger partial charge in [-0.25, -0.2) is 14.8 Å². The van der Waals surface area contributed by atoms with E-state index in [-0.39, 0.29) is 16.9 Å². The van der Waals surface area contributed by atoms with Gasteiger partial charge < -0.3 is 9.47 Å². The van der Waals surface area contributed by atoms with Crippen molar-refractivity contribution in [2.24, 2.45) is 0 Å². The molecule has 0 aliphatic carbocycles. The fraction of sp³-hybridized carbons (Fsp3) is 0.441. The maximum atomic E-state index is 12.9. The number of unbranched alkanes of at least 4 members (excludes halogenated alkanes) is 9. The van der Waals surface area contributed by atoms with E-state index in [0.29, 0.717) is 23.7 Å². The number of carbonyl (C=O) groups is 1. The predicted octanol–water partition coefficient (Wildman–Crippen LogP) is 8.36. The second kappa shape index (κ2) is 17.5. The molecular formula is C34H40N4O3. The fourth-order valence-electron chi connectivity index (χ4n) is 4.54. The molecule has 0 aliphatic heterocycles. The second-order valence-corrected chi connectivity index (χ2v) is 10.2. The van der Waals surface area contributed by atoms with Crippen LogP contribution in [0.5, 0.6) is 11.5 Å². The van der Waals surface area contributed by atoms with E-state index in [4.69, 9.17) is 9.47 Å². The molecule has 0 unspecified atom stereocenters. The van der Waals surface area contributed by atoms with E-state index in [9.17, 15) is 15.3 Å². The van der Waals surface area contributed by atoms with Crippen LogP contribution in [-0.4, -0.2) is 22.5 Å². The number of nitrogens with zero attached hydrogens (tertiary/aromatic N) is 4. The topological polar surface area (TPSA) is 109 Å². The van der Waals surface area contributed by atoms with Gasteiger partial charge in [0.25, 0.3) is 0 Å². The Morgan fingerprint density at radius 2 is 1.29 bits per heavy atom. The molecule has 1 aromatic heterocycles. The molecule has 0 radical (unpaired) electrons. The van der Waals surface area contributed by atoms with Crippen LogP contribution in [0.25, 0.3) is 11.4 Å².